The lowest BCUT2D eigenvalue weighted by atomic mass is 10.2. The number of halogens is 1. The van der Waals surface area contributed by atoms with Gasteiger partial charge in [-0.1, -0.05) is 0 Å². The van der Waals surface area contributed by atoms with E-state index >= 15 is 0 Å². The summed E-state index contributed by atoms with van der Waals surface area (Å²) in [5.74, 6) is 0.593. The van der Waals surface area contributed by atoms with Crippen LogP contribution < -0.4 is 5.32 Å². The molecule has 0 aliphatic carbocycles. The predicted octanol–water partition coefficient (Wildman–Crippen LogP) is 2.85. The maximum atomic E-state index is 12.9. The van der Waals surface area contributed by atoms with E-state index in [-0.39, 0.29) is 11.9 Å². The standard InChI is InChI=1S/C11H12FNO/c1-7(13-2)11-6-8-5-9(12)3-4-10(8)14-11/h3-7,13H,1-2H3. The van der Waals surface area contributed by atoms with Crippen LogP contribution in [0.4, 0.5) is 4.39 Å². The van der Waals surface area contributed by atoms with Gasteiger partial charge in [-0.25, -0.2) is 4.39 Å². The summed E-state index contributed by atoms with van der Waals surface area (Å²) in [5.41, 5.74) is 0.725. The summed E-state index contributed by atoms with van der Waals surface area (Å²) in [6.45, 7) is 1.99. The molecule has 74 valence electrons. The lowest BCUT2D eigenvalue weighted by molar-refractivity contribution is 0.475. The maximum Gasteiger partial charge on any atom is 0.134 e. The normalized spacial score (nSPS) is 13.4. The van der Waals surface area contributed by atoms with Gasteiger partial charge in [0.15, 0.2) is 0 Å². The molecule has 2 rings (SSSR count). The third-order valence-electron chi connectivity index (χ3n) is 2.36. The van der Waals surface area contributed by atoms with Crippen molar-refractivity contribution in [3.05, 3.63) is 35.8 Å². The molecule has 1 N–H and O–H groups in total. The van der Waals surface area contributed by atoms with Crippen LogP contribution in [-0.2, 0) is 0 Å². The second-order valence-electron chi connectivity index (χ2n) is 3.34. The summed E-state index contributed by atoms with van der Waals surface area (Å²) < 4.78 is 18.4. The van der Waals surface area contributed by atoms with E-state index in [4.69, 9.17) is 4.42 Å². The zero-order valence-electron chi connectivity index (χ0n) is 8.17. The van der Waals surface area contributed by atoms with Crippen molar-refractivity contribution in [3.63, 3.8) is 0 Å². The smallest absolute Gasteiger partial charge is 0.134 e. The van der Waals surface area contributed by atoms with Crippen LogP contribution in [-0.4, -0.2) is 7.05 Å². The van der Waals surface area contributed by atoms with Crippen LogP contribution in [0, 0.1) is 5.82 Å². The first-order valence-corrected chi connectivity index (χ1v) is 4.57. The first kappa shape index (κ1) is 9.21. The Bertz CT molecular complexity index is 449. The van der Waals surface area contributed by atoms with E-state index in [1.807, 2.05) is 20.0 Å². The number of nitrogens with one attached hydrogen (secondary N) is 1. The number of furan rings is 1. The SMILES string of the molecule is CNC(C)c1cc2cc(F)ccc2o1. The van der Waals surface area contributed by atoms with Gasteiger partial charge in [-0.3, -0.25) is 0 Å². The molecule has 0 saturated carbocycles. The van der Waals surface area contributed by atoms with E-state index in [0.29, 0.717) is 0 Å². The zero-order chi connectivity index (χ0) is 10.1. The number of benzene rings is 1. The van der Waals surface area contributed by atoms with Gasteiger partial charge in [-0.2, -0.15) is 0 Å². The molecule has 2 nitrogen and oxygen atoms in total. The Morgan fingerprint density at radius 3 is 2.86 bits per heavy atom. The van der Waals surface area contributed by atoms with E-state index < -0.39 is 0 Å². The highest BCUT2D eigenvalue weighted by atomic mass is 19.1. The minimum atomic E-state index is -0.234. The molecule has 1 aromatic carbocycles. The molecule has 1 aromatic heterocycles. The van der Waals surface area contributed by atoms with Crippen molar-refractivity contribution in [1.29, 1.82) is 0 Å². The Morgan fingerprint density at radius 2 is 2.14 bits per heavy atom. The number of hydrogen-bond donors (Lipinski definition) is 1. The molecule has 0 fully saturated rings. The quantitative estimate of drug-likeness (QED) is 0.793. The highest BCUT2D eigenvalue weighted by molar-refractivity contribution is 5.77. The summed E-state index contributed by atoms with van der Waals surface area (Å²) >= 11 is 0. The summed E-state index contributed by atoms with van der Waals surface area (Å²) in [6.07, 6.45) is 0. The molecular weight excluding hydrogens is 181 g/mol. The van der Waals surface area contributed by atoms with Gasteiger partial charge in [0.2, 0.25) is 0 Å². The van der Waals surface area contributed by atoms with Gasteiger partial charge in [-0.05, 0) is 38.2 Å². The molecule has 1 unspecified atom stereocenters. The fourth-order valence-corrected chi connectivity index (χ4v) is 1.39. The van der Waals surface area contributed by atoms with Crippen molar-refractivity contribution < 1.29 is 8.81 Å². The first-order valence-electron chi connectivity index (χ1n) is 4.57. The largest absolute Gasteiger partial charge is 0.459 e. The van der Waals surface area contributed by atoms with E-state index in [0.717, 1.165) is 16.7 Å². The second kappa shape index (κ2) is 3.42. The summed E-state index contributed by atoms with van der Waals surface area (Å²) in [7, 11) is 1.86. The van der Waals surface area contributed by atoms with E-state index in [2.05, 4.69) is 5.32 Å². The molecule has 0 aliphatic rings. The lowest BCUT2D eigenvalue weighted by Gasteiger charge is -2.04. The van der Waals surface area contributed by atoms with Crippen molar-refractivity contribution in [2.75, 3.05) is 7.05 Å². The zero-order valence-corrected chi connectivity index (χ0v) is 8.17. The molecule has 0 radical (unpaired) electrons. The minimum Gasteiger partial charge on any atom is -0.459 e. The van der Waals surface area contributed by atoms with Crippen LogP contribution in [0.2, 0.25) is 0 Å². The van der Waals surface area contributed by atoms with E-state index in [9.17, 15) is 4.39 Å². The molecule has 0 saturated heterocycles. The summed E-state index contributed by atoms with van der Waals surface area (Å²) in [5, 5.41) is 3.88. The highest BCUT2D eigenvalue weighted by Gasteiger charge is 2.09. The van der Waals surface area contributed by atoms with Crippen molar-refractivity contribution in [2.45, 2.75) is 13.0 Å². The number of fused-ring (bicyclic) bond motifs is 1. The van der Waals surface area contributed by atoms with Crippen molar-refractivity contribution in [1.82, 2.24) is 5.32 Å². The molecule has 0 amide bonds. The van der Waals surface area contributed by atoms with E-state index in [1.165, 1.54) is 12.1 Å². The number of hydrogen-bond acceptors (Lipinski definition) is 2. The molecule has 0 spiro atoms. The Kier molecular flexibility index (Phi) is 2.25. The molecular formula is C11H12FNO. The third kappa shape index (κ3) is 1.51. The van der Waals surface area contributed by atoms with Crippen molar-refractivity contribution >= 4 is 11.0 Å². The fraction of sp³-hybridized carbons (Fsp3) is 0.273. The van der Waals surface area contributed by atoms with Crippen LogP contribution >= 0.6 is 0 Å². The summed E-state index contributed by atoms with van der Waals surface area (Å²) in [4.78, 5) is 0. The van der Waals surface area contributed by atoms with Gasteiger partial charge in [0.05, 0.1) is 6.04 Å². The van der Waals surface area contributed by atoms with Crippen LogP contribution in [0.5, 0.6) is 0 Å². The third-order valence-corrected chi connectivity index (χ3v) is 2.36. The van der Waals surface area contributed by atoms with Gasteiger partial charge in [0.1, 0.15) is 17.2 Å². The fourth-order valence-electron chi connectivity index (χ4n) is 1.39. The molecule has 14 heavy (non-hydrogen) atoms. The van der Waals surface area contributed by atoms with Crippen LogP contribution in [0.15, 0.2) is 28.7 Å². The van der Waals surface area contributed by atoms with Gasteiger partial charge in [-0.15, -0.1) is 0 Å². The minimum absolute atomic E-state index is 0.144. The Labute approximate surface area is 81.7 Å². The first-order chi connectivity index (χ1) is 6.70. The van der Waals surface area contributed by atoms with Gasteiger partial charge < -0.3 is 9.73 Å². The van der Waals surface area contributed by atoms with Crippen LogP contribution in [0.3, 0.4) is 0 Å². The second-order valence-corrected chi connectivity index (χ2v) is 3.34. The Morgan fingerprint density at radius 1 is 1.36 bits per heavy atom. The highest BCUT2D eigenvalue weighted by Crippen LogP contribution is 2.24. The van der Waals surface area contributed by atoms with Gasteiger partial charge in [0.25, 0.3) is 0 Å². The van der Waals surface area contributed by atoms with Crippen LogP contribution in [0.25, 0.3) is 11.0 Å². The average molecular weight is 193 g/mol. The van der Waals surface area contributed by atoms with Gasteiger partial charge >= 0.3 is 0 Å². The Balaban J connectivity index is 2.51. The molecule has 0 bridgehead atoms. The molecule has 2 aromatic rings. The summed E-state index contributed by atoms with van der Waals surface area (Å²) in [6, 6.07) is 6.53. The molecule has 1 heterocycles. The Hall–Kier alpha value is -1.35. The molecule has 3 heteroatoms. The maximum absolute atomic E-state index is 12.9. The molecule has 0 aliphatic heterocycles. The van der Waals surface area contributed by atoms with Gasteiger partial charge in [0, 0.05) is 5.39 Å². The van der Waals surface area contributed by atoms with Crippen molar-refractivity contribution in [3.8, 4) is 0 Å². The number of rotatable bonds is 2. The van der Waals surface area contributed by atoms with E-state index in [1.54, 1.807) is 6.07 Å². The van der Waals surface area contributed by atoms with Crippen LogP contribution in [0.1, 0.15) is 18.7 Å². The predicted molar refractivity (Wildman–Crippen MR) is 53.6 cm³/mol. The van der Waals surface area contributed by atoms with Crippen molar-refractivity contribution in [2.24, 2.45) is 0 Å². The topological polar surface area (TPSA) is 25.2 Å². The lowest BCUT2D eigenvalue weighted by Crippen LogP contribution is -2.10. The average Bonchev–Trinajstić information content (AvgIpc) is 2.59. The monoisotopic (exact) mass is 193 g/mol. The molecule has 1 atom stereocenters.